The molecule has 0 amide bonds. The number of carbonyl (C=O) groups excluding carboxylic acids is 1. The van der Waals surface area contributed by atoms with Crippen molar-refractivity contribution in [1.29, 1.82) is 0 Å². The average Bonchev–Trinajstić information content (AvgIpc) is 2.48. The van der Waals surface area contributed by atoms with Gasteiger partial charge in [-0.05, 0) is 0 Å². The zero-order valence-electron chi connectivity index (χ0n) is 5.64. The minimum Gasteiger partial charge on any atom is -0.433 e. The predicted molar refractivity (Wildman–Crippen MR) is 30.7 cm³/mol. The van der Waals surface area contributed by atoms with Crippen LogP contribution in [0.1, 0.15) is 19.8 Å². The smallest absolute Gasteiger partial charge is 0.305 e. The number of hydrogen-bond acceptors (Lipinski definition) is 3. The summed E-state index contributed by atoms with van der Waals surface area (Å²) < 4.78 is 9.75. The summed E-state index contributed by atoms with van der Waals surface area (Å²) in [7, 11) is 1.55. The molecule has 0 atom stereocenters. The molecular weight excluding hydrogens is 120 g/mol. The average molecular weight is 130 g/mol. The van der Waals surface area contributed by atoms with E-state index in [-0.39, 0.29) is 5.97 Å². The number of carbonyl (C=O) groups is 1. The molecule has 3 heteroatoms. The van der Waals surface area contributed by atoms with E-state index >= 15 is 0 Å². The van der Waals surface area contributed by atoms with Crippen LogP contribution in [0.3, 0.4) is 0 Å². The molecule has 0 aliphatic heterocycles. The van der Waals surface area contributed by atoms with Crippen molar-refractivity contribution in [3.05, 3.63) is 0 Å². The van der Waals surface area contributed by atoms with Gasteiger partial charge in [0.25, 0.3) is 0 Å². The Labute approximate surface area is 53.9 Å². The maximum atomic E-state index is 10.4. The number of methoxy groups -OCH3 is 1. The summed E-state index contributed by atoms with van der Waals surface area (Å²) in [4.78, 5) is 10.4. The fourth-order valence-electron chi connectivity index (χ4n) is 0.712. The number of ether oxygens (including phenoxy) is 2. The van der Waals surface area contributed by atoms with Gasteiger partial charge in [-0.25, -0.2) is 0 Å². The molecule has 1 aliphatic rings. The third kappa shape index (κ3) is 1.42. The second-order valence-corrected chi connectivity index (χ2v) is 2.21. The molecule has 0 radical (unpaired) electrons. The monoisotopic (exact) mass is 130 g/mol. The van der Waals surface area contributed by atoms with E-state index in [1.807, 2.05) is 0 Å². The number of hydrogen-bond donors (Lipinski definition) is 0. The number of esters is 1. The lowest BCUT2D eigenvalue weighted by Crippen LogP contribution is -2.19. The van der Waals surface area contributed by atoms with Gasteiger partial charge in [0.05, 0.1) is 0 Å². The SMILES string of the molecule is COC1(OC(C)=O)CC1. The van der Waals surface area contributed by atoms with Gasteiger partial charge in [-0.1, -0.05) is 0 Å². The molecule has 1 saturated carbocycles. The van der Waals surface area contributed by atoms with Crippen LogP contribution in [-0.4, -0.2) is 18.9 Å². The Hall–Kier alpha value is -0.570. The Morgan fingerprint density at radius 2 is 2.11 bits per heavy atom. The maximum absolute atomic E-state index is 10.4. The second kappa shape index (κ2) is 1.99. The van der Waals surface area contributed by atoms with Crippen LogP contribution < -0.4 is 0 Å². The van der Waals surface area contributed by atoms with Crippen molar-refractivity contribution in [2.75, 3.05) is 7.11 Å². The van der Waals surface area contributed by atoms with Crippen LogP contribution in [0.2, 0.25) is 0 Å². The van der Waals surface area contributed by atoms with Crippen molar-refractivity contribution in [3.63, 3.8) is 0 Å². The highest BCUT2D eigenvalue weighted by Crippen LogP contribution is 2.39. The molecule has 0 aromatic heterocycles. The molecule has 0 aromatic rings. The molecule has 9 heavy (non-hydrogen) atoms. The van der Waals surface area contributed by atoms with Crippen molar-refractivity contribution in [2.24, 2.45) is 0 Å². The fraction of sp³-hybridized carbons (Fsp3) is 0.833. The van der Waals surface area contributed by atoms with E-state index < -0.39 is 5.79 Å². The van der Waals surface area contributed by atoms with Gasteiger partial charge in [0, 0.05) is 26.9 Å². The van der Waals surface area contributed by atoms with E-state index in [0.29, 0.717) is 0 Å². The van der Waals surface area contributed by atoms with Gasteiger partial charge in [0.1, 0.15) is 0 Å². The minimum atomic E-state index is -0.536. The Morgan fingerprint density at radius 1 is 1.56 bits per heavy atom. The van der Waals surface area contributed by atoms with Crippen molar-refractivity contribution in [1.82, 2.24) is 0 Å². The van der Waals surface area contributed by atoms with Crippen LogP contribution in [0.5, 0.6) is 0 Å². The van der Waals surface area contributed by atoms with Crippen LogP contribution in [-0.2, 0) is 14.3 Å². The van der Waals surface area contributed by atoms with Gasteiger partial charge >= 0.3 is 5.97 Å². The zero-order chi connectivity index (χ0) is 6.91. The van der Waals surface area contributed by atoms with E-state index in [1.54, 1.807) is 7.11 Å². The quantitative estimate of drug-likeness (QED) is 0.407. The van der Waals surface area contributed by atoms with Gasteiger partial charge in [-0.2, -0.15) is 0 Å². The molecule has 0 unspecified atom stereocenters. The standard InChI is InChI=1S/C6H10O3/c1-5(7)9-6(8-2)3-4-6/h3-4H2,1-2H3. The van der Waals surface area contributed by atoms with Crippen LogP contribution in [0.4, 0.5) is 0 Å². The molecule has 3 nitrogen and oxygen atoms in total. The van der Waals surface area contributed by atoms with Crippen LogP contribution in [0.15, 0.2) is 0 Å². The zero-order valence-corrected chi connectivity index (χ0v) is 5.64. The molecular formula is C6H10O3. The summed E-state index contributed by atoms with van der Waals surface area (Å²) in [6.45, 7) is 1.39. The van der Waals surface area contributed by atoms with Crippen molar-refractivity contribution >= 4 is 5.97 Å². The van der Waals surface area contributed by atoms with Crippen LogP contribution in [0.25, 0.3) is 0 Å². The lowest BCUT2D eigenvalue weighted by atomic mass is 10.7. The minimum absolute atomic E-state index is 0.269. The van der Waals surface area contributed by atoms with Gasteiger partial charge in [-0.15, -0.1) is 0 Å². The Kier molecular flexibility index (Phi) is 1.45. The number of rotatable bonds is 2. The first-order valence-electron chi connectivity index (χ1n) is 2.93. The molecule has 0 N–H and O–H groups in total. The van der Waals surface area contributed by atoms with Crippen molar-refractivity contribution in [2.45, 2.75) is 25.6 Å². The normalized spacial score (nSPS) is 21.1. The maximum Gasteiger partial charge on any atom is 0.305 e. The van der Waals surface area contributed by atoms with Crippen molar-refractivity contribution < 1.29 is 14.3 Å². The third-order valence-corrected chi connectivity index (χ3v) is 1.36. The molecule has 0 aromatic carbocycles. The van der Waals surface area contributed by atoms with Crippen molar-refractivity contribution in [3.8, 4) is 0 Å². The lowest BCUT2D eigenvalue weighted by molar-refractivity contribution is -0.179. The van der Waals surface area contributed by atoms with Gasteiger partial charge in [0.15, 0.2) is 0 Å². The summed E-state index contributed by atoms with van der Waals surface area (Å²) in [5.41, 5.74) is 0. The highest BCUT2D eigenvalue weighted by atomic mass is 16.7. The van der Waals surface area contributed by atoms with E-state index in [1.165, 1.54) is 6.92 Å². The van der Waals surface area contributed by atoms with E-state index in [9.17, 15) is 4.79 Å². The van der Waals surface area contributed by atoms with E-state index in [4.69, 9.17) is 9.47 Å². The predicted octanol–water partition coefficient (Wildman–Crippen LogP) is 0.686. The fourth-order valence-corrected chi connectivity index (χ4v) is 0.712. The summed E-state index contributed by atoms with van der Waals surface area (Å²) in [5, 5.41) is 0. The molecule has 1 fully saturated rings. The molecule has 1 aliphatic carbocycles. The van der Waals surface area contributed by atoms with Gasteiger partial charge in [-0.3, -0.25) is 4.79 Å². The largest absolute Gasteiger partial charge is 0.433 e. The molecule has 1 rings (SSSR count). The topological polar surface area (TPSA) is 35.5 Å². The second-order valence-electron chi connectivity index (χ2n) is 2.21. The summed E-state index contributed by atoms with van der Waals surface area (Å²) >= 11 is 0. The lowest BCUT2D eigenvalue weighted by Gasteiger charge is -2.11. The first-order chi connectivity index (χ1) is 4.18. The highest BCUT2D eigenvalue weighted by molar-refractivity contribution is 5.66. The molecule has 0 saturated heterocycles. The van der Waals surface area contributed by atoms with Crippen LogP contribution >= 0.6 is 0 Å². The summed E-state index contributed by atoms with van der Waals surface area (Å²) in [6.07, 6.45) is 1.67. The third-order valence-electron chi connectivity index (χ3n) is 1.36. The van der Waals surface area contributed by atoms with E-state index in [0.717, 1.165) is 12.8 Å². The summed E-state index contributed by atoms with van der Waals surface area (Å²) in [6, 6.07) is 0. The first kappa shape index (κ1) is 6.55. The van der Waals surface area contributed by atoms with Gasteiger partial charge < -0.3 is 9.47 Å². The Bertz CT molecular complexity index is 126. The van der Waals surface area contributed by atoms with E-state index in [2.05, 4.69) is 0 Å². The molecule has 52 valence electrons. The van der Waals surface area contributed by atoms with Gasteiger partial charge in [0.2, 0.25) is 5.79 Å². The Morgan fingerprint density at radius 3 is 2.22 bits per heavy atom. The highest BCUT2D eigenvalue weighted by Gasteiger charge is 2.46. The first-order valence-corrected chi connectivity index (χ1v) is 2.93. The molecule has 0 heterocycles. The molecule has 0 spiro atoms. The van der Waals surface area contributed by atoms with Crippen LogP contribution in [0, 0.1) is 0 Å². The molecule has 0 bridgehead atoms. The summed E-state index contributed by atoms with van der Waals surface area (Å²) in [5.74, 6) is -0.805. The Balaban J connectivity index is 2.33.